The van der Waals surface area contributed by atoms with Gasteiger partial charge in [-0.3, -0.25) is 9.69 Å². The molecule has 18 heavy (non-hydrogen) atoms. The number of amides is 1. The van der Waals surface area contributed by atoms with E-state index in [0.717, 1.165) is 5.56 Å². The number of carbonyl (C=O) groups excluding carboxylic acids is 1. The summed E-state index contributed by atoms with van der Waals surface area (Å²) in [5, 5.41) is 2.72. The molecule has 1 amide bonds. The largest absolute Gasteiger partial charge is 0.352 e. The van der Waals surface area contributed by atoms with Gasteiger partial charge in [0, 0.05) is 12.6 Å². The van der Waals surface area contributed by atoms with Crippen molar-refractivity contribution < 1.29 is 9.18 Å². The molecule has 0 radical (unpaired) electrons. The number of carbonyl (C=O) groups is 1. The van der Waals surface area contributed by atoms with Crippen LogP contribution in [0, 0.1) is 5.82 Å². The number of hydrogen-bond acceptors (Lipinski definition) is 2. The SMILES string of the molecule is C=CCNC(=O)CN(C)C(C)c1ccc(F)cc1. The van der Waals surface area contributed by atoms with Gasteiger partial charge in [0.2, 0.25) is 5.91 Å². The highest BCUT2D eigenvalue weighted by Crippen LogP contribution is 2.18. The average Bonchev–Trinajstić information content (AvgIpc) is 2.36. The molecule has 0 aliphatic carbocycles. The van der Waals surface area contributed by atoms with Gasteiger partial charge < -0.3 is 5.32 Å². The van der Waals surface area contributed by atoms with Crippen molar-refractivity contribution in [1.82, 2.24) is 10.2 Å². The molecule has 1 unspecified atom stereocenters. The molecular formula is C14H19FN2O. The van der Waals surface area contributed by atoms with Crippen molar-refractivity contribution in [2.24, 2.45) is 0 Å². The van der Waals surface area contributed by atoms with E-state index in [2.05, 4.69) is 11.9 Å². The summed E-state index contributed by atoms with van der Waals surface area (Å²) < 4.78 is 12.8. The zero-order valence-electron chi connectivity index (χ0n) is 10.8. The quantitative estimate of drug-likeness (QED) is 0.784. The molecule has 1 atom stereocenters. The first kappa shape index (κ1) is 14.4. The fraction of sp³-hybridized carbons (Fsp3) is 0.357. The molecular weight excluding hydrogens is 231 g/mol. The normalized spacial score (nSPS) is 12.2. The van der Waals surface area contributed by atoms with Crippen LogP contribution in [0.5, 0.6) is 0 Å². The first-order valence-corrected chi connectivity index (χ1v) is 5.88. The maximum absolute atomic E-state index is 12.8. The Labute approximate surface area is 107 Å². The van der Waals surface area contributed by atoms with Gasteiger partial charge in [-0.05, 0) is 31.7 Å². The Morgan fingerprint density at radius 2 is 2.11 bits per heavy atom. The number of benzene rings is 1. The van der Waals surface area contributed by atoms with E-state index in [-0.39, 0.29) is 17.8 Å². The summed E-state index contributed by atoms with van der Waals surface area (Å²) in [6.07, 6.45) is 1.64. The monoisotopic (exact) mass is 250 g/mol. The predicted molar refractivity (Wildman–Crippen MR) is 70.7 cm³/mol. The molecule has 3 nitrogen and oxygen atoms in total. The van der Waals surface area contributed by atoms with E-state index in [1.807, 2.05) is 18.9 Å². The van der Waals surface area contributed by atoms with Gasteiger partial charge in [0.05, 0.1) is 6.54 Å². The number of nitrogens with zero attached hydrogens (tertiary/aromatic N) is 1. The smallest absolute Gasteiger partial charge is 0.234 e. The Kier molecular flexibility index (Phi) is 5.52. The number of likely N-dealkylation sites (N-methyl/N-ethyl adjacent to an activating group) is 1. The van der Waals surface area contributed by atoms with Crippen LogP contribution >= 0.6 is 0 Å². The fourth-order valence-electron chi connectivity index (χ4n) is 1.60. The molecule has 0 aromatic heterocycles. The van der Waals surface area contributed by atoms with Crippen LogP contribution in [0.3, 0.4) is 0 Å². The number of rotatable bonds is 6. The summed E-state index contributed by atoms with van der Waals surface area (Å²) in [5.74, 6) is -0.302. The number of halogens is 1. The van der Waals surface area contributed by atoms with Gasteiger partial charge in [-0.1, -0.05) is 18.2 Å². The zero-order chi connectivity index (χ0) is 13.5. The van der Waals surface area contributed by atoms with Gasteiger partial charge in [-0.15, -0.1) is 6.58 Å². The highest BCUT2D eigenvalue weighted by Gasteiger charge is 2.14. The standard InChI is InChI=1S/C14H19FN2O/c1-4-9-16-14(18)10-17(3)11(2)12-5-7-13(15)8-6-12/h4-8,11H,1,9-10H2,2-3H3,(H,16,18). The molecule has 0 aliphatic rings. The third-order valence-electron chi connectivity index (χ3n) is 2.85. The summed E-state index contributed by atoms with van der Waals surface area (Å²) in [7, 11) is 1.86. The first-order valence-electron chi connectivity index (χ1n) is 5.88. The van der Waals surface area contributed by atoms with Crippen molar-refractivity contribution in [1.29, 1.82) is 0 Å². The molecule has 1 N–H and O–H groups in total. The van der Waals surface area contributed by atoms with Crippen LogP contribution in [0.15, 0.2) is 36.9 Å². The molecule has 0 saturated heterocycles. The summed E-state index contributed by atoms with van der Waals surface area (Å²) in [6.45, 7) is 6.29. The lowest BCUT2D eigenvalue weighted by Gasteiger charge is -2.24. The minimum atomic E-state index is -0.252. The third kappa shape index (κ3) is 4.30. The summed E-state index contributed by atoms with van der Waals surface area (Å²) in [5.41, 5.74) is 0.982. The number of hydrogen-bond donors (Lipinski definition) is 1. The highest BCUT2D eigenvalue weighted by molar-refractivity contribution is 5.78. The minimum absolute atomic E-state index is 0.0497. The van der Waals surface area contributed by atoms with Crippen molar-refractivity contribution >= 4 is 5.91 Å². The van der Waals surface area contributed by atoms with E-state index in [1.54, 1.807) is 18.2 Å². The molecule has 0 bridgehead atoms. The molecule has 0 spiro atoms. The van der Waals surface area contributed by atoms with E-state index in [9.17, 15) is 9.18 Å². The van der Waals surface area contributed by atoms with Crippen molar-refractivity contribution in [2.75, 3.05) is 20.1 Å². The van der Waals surface area contributed by atoms with Crippen molar-refractivity contribution in [3.05, 3.63) is 48.3 Å². The molecule has 1 rings (SSSR count). The van der Waals surface area contributed by atoms with E-state index in [1.165, 1.54) is 12.1 Å². The van der Waals surface area contributed by atoms with E-state index >= 15 is 0 Å². The maximum atomic E-state index is 12.8. The zero-order valence-corrected chi connectivity index (χ0v) is 10.8. The van der Waals surface area contributed by atoms with Gasteiger partial charge in [0.15, 0.2) is 0 Å². The average molecular weight is 250 g/mol. The second kappa shape index (κ2) is 6.91. The van der Waals surface area contributed by atoms with Gasteiger partial charge in [0.25, 0.3) is 0 Å². The highest BCUT2D eigenvalue weighted by atomic mass is 19.1. The Bertz CT molecular complexity index is 403. The van der Waals surface area contributed by atoms with Crippen LogP contribution < -0.4 is 5.32 Å². The fourth-order valence-corrected chi connectivity index (χ4v) is 1.60. The lowest BCUT2D eigenvalue weighted by atomic mass is 10.1. The van der Waals surface area contributed by atoms with Crippen molar-refractivity contribution in [3.8, 4) is 0 Å². The topological polar surface area (TPSA) is 32.3 Å². The number of nitrogens with one attached hydrogen (secondary N) is 1. The lowest BCUT2D eigenvalue weighted by Crippen LogP contribution is -2.36. The van der Waals surface area contributed by atoms with Crippen molar-refractivity contribution in [3.63, 3.8) is 0 Å². The van der Waals surface area contributed by atoms with Crippen molar-refractivity contribution in [2.45, 2.75) is 13.0 Å². The molecule has 0 saturated carbocycles. The molecule has 98 valence electrons. The summed E-state index contributed by atoms with van der Waals surface area (Å²) in [4.78, 5) is 13.5. The van der Waals surface area contributed by atoms with Crippen LogP contribution in [-0.4, -0.2) is 30.9 Å². The van der Waals surface area contributed by atoms with E-state index in [4.69, 9.17) is 0 Å². The Morgan fingerprint density at radius 1 is 1.50 bits per heavy atom. The van der Waals surface area contributed by atoms with Crippen LogP contribution in [0.1, 0.15) is 18.5 Å². The second-order valence-corrected chi connectivity index (χ2v) is 4.24. The molecule has 1 aromatic carbocycles. The van der Waals surface area contributed by atoms with Crippen LogP contribution in [0.25, 0.3) is 0 Å². The lowest BCUT2D eigenvalue weighted by molar-refractivity contribution is -0.122. The summed E-state index contributed by atoms with van der Waals surface area (Å²) >= 11 is 0. The Morgan fingerprint density at radius 3 is 2.67 bits per heavy atom. The maximum Gasteiger partial charge on any atom is 0.234 e. The van der Waals surface area contributed by atoms with Gasteiger partial charge >= 0.3 is 0 Å². The van der Waals surface area contributed by atoms with Crippen LogP contribution in [0.2, 0.25) is 0 Å². The second-order valence-electron chi connectivity index (χ2n) is 4.24. The van der Waals surface area contributed by atoms with E-state index in [0.29, 0.717) is 13.1 Å². The van der Waals surface area contributed by atoms with Gasteiger partial charge in [-0.25, -0.2) is 4.39 Å². The molecule has 0 fully saturated rings. The molecule has 0 aliphatic heterocycles. The van der Waals surface area contributed by atoms with Crippen LogP contribution in [0.4, 0.5) is 4.39 Å². The third-order valence-corrected chi connectivity index (χ3v) is 2.85. The predicted octanol–water partition coefficient (Wildman–Crippen LogP) is 2.12. The molecule has 4 heteroatoms. The first-order chi connectivity index (χ1) is 8.54. The van der Waals surface area contributed by atoms with Gasteiger partial charge in [0.1, 0.15) is 5.82 Å². The Balaban J connectivity index is 2.55. The minimum Gasteiger partial charge on any atom is -0.352 e. The summed E-state index contributed by atoms with van der Waals surface area (Å²) in [6, 6.07) is 6.38. The Hall–Kier alpha value is -1.68. The van der Waals surface area contributed by atoms with Crippen LogP contribution in [-0.2, 0) is 4.79 Å². The van der Waals surface area contributed by atoms with E-state index < -0.39 is 0 Å². The van der Waals surface area contributed by atoms with Gasteiger partial charge in [-0.2, -0.15) is 0 Å². The molecule has 1 aromatic rings. The molecule has 0 heterocycles.